The molecule has 1 aromatic heterocycles. The van der Waals surface area contributed by atoms with Crippen molar-refractivity contribution < 1.29 is 19.0 Å². The fourth-order valence-corrected chi connectivity index (χ4v) is 4.00. The molecule has 1 amide bonds. The first-order chi connectivity index (χ1) is 11.2. The van der Waals surface area contributed by atoms with E-state index in [-0.39, 0.29) is 30.8 Å². The van der Waals surface area contributed by atoms with Gasteiger partial charge in [0.2, 0.25) is 5.91 Å². The Balaban J connectivity index is 1.43. The molecule has 3 atom stereocenters. The molecule has 0 bridgehead atoms. The molecule has 2 aliphatic heterocycles. The highest BCUT2D eigenvalue weighted by Gasteiger charge is 2.41. The van der Waals surface area contributed by atoms with E-state index in [0.29, 0.717) is 13.2 Å². The second-order valence-corrected chi connectivity index (χ2v) is 7.19. The number of nitrogens with zero attached hydrogens (tertiary/aromatic N) is 2. The molecule has 2 aliphatic rings. The van der Waals surface area contributed by atoms with Crippen LogP contribution in [0.4, 0.5) is 0 Å². The summed E-state index contributed by atoms with van der Waals surface area (Å²) >= 11 is 1.64. The van der Waals surface area contributed by atoms with E-state index >= 15 is 0 Å². The largest absolute Gasteiger partial charge is 0.375 e. The molecule has 3 heterocycles. The number of methoxy groups -OCH3 is 1. The van der Waals surface area contributed by atoms with Crippen molar-refractivity contribution in [2.75, 3.05) is 26.9 Å². The molecule has 6 nitrogen and oxygen atoms in total. The van der Waals surface area contributed by atoms with Gasteiger partial charge in [0.15, 0.2) is 0 Å². The van der Waals surface area contributed by atoms with E-state index in [4.69, 9.17) is 14.2 Å². The first kappa shape index (κ1) is 16.8. The molecule has 0 aromatic carbocycles. The molecule has 0 spiro atoms. The summed E-state index contributed by atoms with van der Waals surface area (Å²) in [5, 5.41) is 3.09. The summed E-state index contributed by atoms with van der Waals surface area (Å²) in [4.78, 5) is 18.3. The number of aryl methyl sites for hydroxylation is 1. The molecule has 7 heteroatoms. The lowest BCUT2D eigenvalue weighted by molar-refractivity contribution is -0.142. The summed E-state index contributed by atoms with van der Waals surface area (Å²) in [5.74, 6) is 0.0669. The van der Waals surface area contributed by atoms with Crippen LogP contribution in [0.15, 0.2) is 5.38 Å². The van der Waals surface area contributed by atoms with E-state index in [1.54, 1.807) is 18.4 Å². The number of likely N-dealkylation sites (tertiary alicyclic amines) is 1. The van der Waals surface area contributed by atoms with Gasteiger partial charge in [0.25, 0.3) is 0 Å². The Morgan fingerprint density at radius 2 is 2.35 bits per heavy atom. The van der Waals surface area contributed by atoms with Gasteiger partial charge in [-0.05, 0) is 26.2 Å². The molecule has 0 N–H and O–H groups in total. The molecule has 0 radical (unpaired) electrons. The van der Waals surface area contributed by atoms with Gasteiger partial charge in [0, 0.05) is 19.0 Å². The Labute approximate surface area is 140 Å². The van der Waals surface area contributed by atoms with Crippen molar-refractivity contribution in [3.63, 3.8) is 0 Å². The third kappa shape index (κ3) is 4.09. The van der Waals surface area contributed by atoms with E-state index in [9.17, 15) is 4.79 Å². The molecule has 2 fully saturated rings. The maximum Gasteiger partial charge on any atom is 0.248 e. The highest BCUT2D eigenvalue weighted by Crippen LogP contribution is 2.31. The number of ether oxygens (including phenoxy) is 3. The molecule has 1 aromatic rings. The summed E-state index contributed by atoms with van der Waals surface area (Å²) in [5.41, 5.74) is 0.985. The van der Waals surface area contributed by atoms with Gasteiger partial charge >= 0.3 is 0 Å². The van der Waals surface area contributed by atoms with Crippen LogP contribution in [0.3, 0.4) is 0 Å². The fraction of sp³-hybridized carbons (Fsp3) is 0.750. The molecule has 0 aliphatic carbocycles. The summed E-state index contributed by atoms with van der Waals surface area (Å²) in [7, 11) is 1.56. The molecular formula is C16H24N2O4S. The first-order valence-corrected chi connectivity index (χ1v) is 8.98. The van der Waals surface area contributed by atoms with Crippen LogP contribution < -0.4 is 0 Å². The second-order valence-electron chi connectivity index (χ2n) is 6.12. The van der Waals surface area contributed by atoms with Gasteiger partial charge < -0.3 is 19.1 Å². The van der Waals surface area contributed by atoms with Gasteiger partial charge in [-0.1, -0.05) is 0 Å². The Morgan fingerprint density at radius 1 is 1.48 bits per heavy atom. The van der Waals surface area contributed by atoms with Crippen molar-refractivity contribution in [1.29, 1.82) is 0 Å². The van der Waals surface area contributed by atoms with Gasteiger partial charge in [-0.15, -0.1) is 11.3 Å². The number of carbonyl (C=O) groups is 1. The molecule has 2 unspecified atom stereocenters. The smallest absolute Gasteiger partial charge is 0.248 e. The summed E-state index contributed by atoms with van der Waals surface area (Å²) in [6, 6.07) is 0.204. The molecule has 23 heavy (non-hydrogen) atoms. The monoisotopic (exact) mass is 340 g/mol. The number of fused-ring (bicyclic) bond motifs is 1. The summed E-state index contributed by atoms with van der Waals surface area (Å²) < 4.78 is 16.8. The lowest BCUT2D eigenvalue weighted by atomic mass is 9.99. The van der Waals surface area contributed by atoms with Crippen molar-refractivity contribution in [1.82, 2.24) is 9.88 Å². The zero-order chi connectivity index (χ0) is 16.2. The van der Waals surface area contributed by atoms with Gasteiger partial charge in [0.05, 0.1) is 42.2 Å². The van der Waals surface area contributed by atoms with E-state index in [1.165, 1.54) is 0 Å². The van der Waals surface area contributed by atoms with Crippen molar-refractivity contribution in [2.45, 2.75) is 51.0 Å². The summed E-state index contributed by atoms with van der Waals surface area (Å²) in [6.07, 6.45) is 3.06. The number of hydrogen-bond donors (Lipinski definition) is 0. The van der Waals surface area contributed by atoms with Crippen LogP contribution in [0.25, 0.3) is 0 Å². The zero-order valence-corrected chi connectivity index (χ0v) is 14.5. The van der Waals surface area contributed by atoms with Crippen molar-refractivity contribution in [3.8, 4) is 0 Å². The van der Waals surface area contributed by atoms with E-state index in [0.717, 1.165) is 36.5 Å². The predicted octanol–water partition coefficient (Wildman–Crippen LogP) is 1.76. The molecule has 3 rings (SSSR count). The Morgan fingerprint density at radius 3 is 3.09 bits per heavy atom. The van der Waals surface area contributed by atoms with E-state index in [1.807, 2.05) is 17.2 Å². The quantitative estimate of drug-likeness (QED) is 0.790. The van der Waals surface area contributed by atoms with Crippen LogP contribution in [-0.2, 0) is 25.6 Å². The molecule has 0 saturated carbocycles. The zero-order valence-electron chi connectivity index (χ0n) is 13.7. The maximum absolute atomic E-state index is 12.0. The topological polar surface area (TPSA) is 60.9 Å². The Bertz CT molecular complexity index is 536. The average Bonchev–Trinajstić information content (AvgIpc) is 3.13. The van der Waals surface area contributed by atoms with E-state index < -0.39 is 0 Å². The maximum atomic E-state index is 12.0. The standard InChI is InChI=1S/C16H24N2O4S/c1-11-17-12(10-23-11)7-21-8-13-3-4-14-15(22-13)5-6-18(14)16(19)9-20-2/h10,13-15H,3-9H2,1-2H3/t13-,14?,15?/m0/s1. The average molecular weight is 340 g/mol. The predicted molar refractivity (Wildman–Crippen MR) is 86.4 cm³/mol. The first-order valence-electron chi connectivity index (χ1n) is 8.10. The number of thiazole rings is 1. The van der Waals surface area contributed by atoms with Gasteiger partial charge in [0.1, 0.15) is 6.61 Å². The second kappa shape index (κ2) is 7.70. The number of carbonyl (C=O) groups excluding carboxylic acids is 1. The minimum Gasteiger partial charge on any atom is -0.375 e. The van der Waals surface area contributed by atoms with Crippen molar-refractivity contribution in [3.05, 3.63) is 16.1 Å². The van der Waals surface area contributed by atoms with Crippen LogP contribution in [0.1, 0.15) is 30.0 Å². The lowest BCUT2D eigenvalue weighted by Crippen LogP contribution is -2.46. The van der Waals surface area contributed by atoms with Crippen LogP contribution in [-0.4, -0.2) is 60.9 Å². The molecular weight excluding hydrogens is 316 g/mol. The number of rotatable bonds is 6. The minimum atomic E-state index is 0.0669. The number of hydrogen-bond acceptors (Lipinski definition) is 6. The van der Waals surface area contributed by atoms with Gasteiger partial charge in [-0.3, -0.25) is 4.79 Å². The van der Waals surface area contributed by atoms with Crippen LogP contribution in [0.5, 0.6) is 0 Å². The van der Waals surface area contributed by atoms with Crippen molar-refractivity contribution in [2.24, 2.45) is 0 Å². The SMILES string of the molecule is COCC(=O)N1CCC2O[C@H](COCc3csc(C)n3)CCC21. The van der Waals surface area contributed by atoms with E-state index in [2.05, 4.69) is 4.98 Å². The lowest BCUT2D eigenvalue weighted by Gasteiger charge is -2.35. The third-order valence-corrected chi connectivity index (χ3v) is 5.27. The molecule has 128 valence electrons. The normalized spacial score (nSPS) is 27.2. The third-order valence-electron chi connectivity index (χ3n) is 4.44. The Hall–Kier alpha value is -1.02. The molecule has 2 saturated heterocycles. The Kier molecular flexibility index (Phi) is 5.63. The highest BCUT2D eigenvalue weighted by molar-refractivity contribution is 7.09. The van der Waals surface area contributed by atoms with Crippen LogP contribution in [0.2, 0.25) is 0 Å². The van der Waals surface area contributed by atoms with Gasteiger partial charge in [-0.25, -0.2) is 4.98 Å². The summed E-state index contributed by atoms with van der Waals surface area (Å²) in [6.45, 7) is 4.05. The number of amides is 1. The number of aromatic nitrogens is 1. The van der Waals surface area contributed by atoms with Crippen LogP contribution >= 0.6 is 11.3 Å². The van der Waals surface area contributed by atoms with Crippen LogP contribution in [0, 0.1) is 6.92 Å². The highest BCUT2D eigenvalue weighted by atomic mass is 32.1. The minimum absolute atomic E-state index is 0.0669. The van der Waals surface area contributed by atoms with Crippen molar-refractivity contribution >= 4 is 17.2 Å². The fourth-order valence-electron chi connectivity index (χ4n) is 3.41. The van der Waals surface area contributed by atoms with Gasteiger partial charge in [-0.2, -0.15) is 0 Å².